The van der Waals surface area contributed by atoms with Gasteiger partial charge in [0, 0.05) is 11.8 Å². The van der Waals surface area contributed by atoms with Gasteiger partial charge in [0.05, 0.1) is 16.5 Å². The fraction of sp³-hybridized carbons (Fsp3) is 0.152. The van der Waals surface area contributed by atoms with Gasteiger partial charge in [0.1, 0.15) is 0 Å². The van der Waals surface area contributed by atoms with Gasteiger partial charge in [-0.3, -0.25) is 14.4 Å². The second-order valence-corrected chi connectivity index (χ2v) is 11.1. The van der Waals surface area contributed by atoms with Gasteiger partial charge in [0.15, 0.2) is 17.5 Å². The summed E-state index contributed by atoms with van der Waals surface area (Å²) in [5, 5.41) is 18.0. The summed E-state index contributed by atoms with van der Waals surface area (Å²) in [7, 11) is 0. The number of amides is 3. The van der Waals surface area contributed by atoms with Crippen LogP contribution in [-0.4, -0.2) is 28.0 Å². The highest BCUT2D eigenvalue weighted by atomic mass is 16.5. The Morgan fingerprint density at radius 2 is 1.54 bits per heavy atom. The van der Waals surface area contributed by atoms with Crippen LogP contribution in [0.2, 0.25) is 0 Å². The van der Waals surface area contributed by atoms with Crippen LogP contribution in [0, 0.1) is 0 Å². The number of nitrogens with zero attached hydrogens (tertiary/aromatic N) is 2. The lowest BCUT2D eigenvalue weighted by Crippen LogP contribution is -2.29. The van der Waals surface area contributed by atoms with Crippen molar-refractivity contribution in [3.63, 3.8) is 0 Å². The molecule has 5 aromatic rings. The number of rotatable bonds is 5. The number of benzene rings is 4. The molecular formula is C33H27N3O5. The van der Waals surface area contributed by atoms with Gasteiger partial charge in [0.25, 0.3) is 17.7 Å². The van der Waals surface area contributed by atoms with Crippen molar-refractivity contribution < 1.29 is 24.0 Å². The van der Waals surface area contributed by atoms with Gasteiger partial charge >= 0.3 is 0 Å². The van der Waals surface area contributed by atoms with Crippen molar-refractivity contribution in [3.05, 3.63) is 113 Å². The minimum Gasteiger partial charge on any atom is -0.378 e. The van der Waals surface area contributed by atoms with Crippen molar-refractivity contribution in [2.24, 2.45) is 0 Å². The van der Waals surface area contributed by atoms with Gasteiger partial charge in [-0.1, -0.05) is 80.5 Å². The van der Waals surface area contributed by atoms with E-state index in [9.17, 15) is 19.5 Å². The van der Waals surface area contributed by atoms with Crippen molar-refractivity contribution in [2.45, 2.75) is 32.3 Å². The number of aliphatic hydroxyl groups is 1. The Morgan fingerprint density at radius 1 is 0.854 bits per heavy atom. The van der Waals surface area contributed by atoms with E-state index in [0.717, 1.165) is 16.0 Å². The summed E-state index contributed by atoms with van der Waals surface area (Å²) >= 11 is 0. The van der Waals surface area contributed by atoms with E-state index in [1.54, 1.807) is 54.6 Å². The summed E-state index contributed by atoms with van der Waals surface area (Å²) in [6.45, 7) is 6.47. The highest BCUT2D eigenvalue weighted by Crippen LogP contribution is 2.34. The summed E-state index contributed by atoms with van der Waals surface area (Å²) in [6.07, 6.45) is -1.41. The number of fused-ring (bicyclic) bond motifs is 2. The summed E-state index contributed by atoms with van der Waals surface area (Å²) < 4.78 is 5.41. The predicted molar refractivity (Wildman–Crippen MR) is 156 cm³/mol. The molecule has 0 radical (unpaired) electrons. The van der Waals surface area contributed by atoms with Gasteiger partial charge in [-0.25, -0.2) is 4.90 Å². The highest BCUT2D eigenvalue weighted by molar-refractivity contribution is 6.35. The topological polar surface area (TPSA) is 113 Å². The normalized spacial score (nSPS) is 13.9. The Morgan fingerprint density at radius 3 is 2.20 bits per heavy atom. The molecule has 8 heteroatoms. The summed E-state index contributed by atoms with van der Waals surface area (Å²) in [5.41, 5.74) is 4.82. The van der Waals surface area contributed by atoms with Gasteiger partial charge in [0.2, 0.25) is 0 Å². The first-order valence-electron chi connectivity index (χ1n) is 13.2. The second-order valence-electron chi connectivity index (χ2n) is 11.1. The number of aromatic nitrogens is 1. The number of carbonyl (C=O) groups is 3. The van der Waals surface area contributed by atoms with Crippen LogP contribution < -0.4 is 10.2 Å². The van der Waals surface area contributed by atoms with Gasteiger partial charge in [-0.15, -0.1) is 0 Å². The van der Waals surface area contributed by atoms with E-state index in [4.69, 9.17) is 4.52 Å². The molecule has 8 nitrogen and oxygen atoms in total. The van der Waals surface area contributed by atoms with Crippen LogP contribution in [0.5, 0.6) is 0 Å². The van der Waals surface area contributed by atoms with E-state index >= 15 is 0 Å². The standard InChI is InChI=1S/C33H27N3O5/c1-33(2,3)22-13-11-19(12-14-22)20-7-6-8-21(17-20)28(37)30(38)34-23-15-16-26-27(18-23)41-35-29(26)36-31(39)24-9-4-5-10-25(24)32(36)40/h4-18,28,37H,1-3H3,(H,34,38). The molecule has 1 unspecified atom stereocenters. The summed E-state index contributed by atoms with van der Waals surface area (Å²) in [4.78, 5) is 39.7. The third-order valence-electron chi connectivity index (χ3n) is 7.26. The van der Waals surface area contributed by atoms with Crippen molar-refractivity contribution in [3.8, 4) is 11.1 Å². The maximum absolute atomic E-state index is 13.0. The van der Waals surface area contributed by atoms with Crippen LogP contribution in [-0.2, 0) is 10.2 Å². The first-order valence-corrected chi connectivity index (χ1v) is 13.2. The molecule has 1 aromatic heterocycles. The average Bonchev–Trinajstić information content (AvgIpc) is 3.49. The molecule has 1 aliphatic rings. The van der Waals surface area contributed by atoms with Crippen LogP contribution in [0.1, 0.15) is 58.7 Å². The third-order valence-corrected chi connectivity index (χ3v) is 7.26. The van der Waals surface area contributed by atoms with Crippen molar-refractivity contribution >= 4 is 40.2 Å². The molecule has 0 spiro atoms. The lowest BCUT2D eigenvalue weighted by Gasteiger charge is -2.19. The van der Waals surface area contributed by atoms with Crippen molar-refractivity contribution in [2.75, 3.05) is 10.2 Å². The van der Waals surface area contributed by atoms with Gasteiger partial charge < -0.3 is 14.9 Å². The lowest BCUT2D eigenvalue weighted by atomic mass is 9.86. The SMILES string of the molecule is CC(C)(C)c1ccc(-c2cccc(C(O)C(=O)Nc3ccc4c(N5C(=O)c6ccccc6C5=O)noc4c3)c2)cc1. The van der Waals surface area contributed by atoms with Crippen molar-refractivity contribution in [1.82, 2.24) is 5.16 Å². The lowest BCUT2D eigenvalue weighted by molar-refractivity contribution is -0.124. The zero-order chi connectivity index (χ0) is 28.9. The molecule has 0 fully saturated rings. The Balaban J connectivity index is 1.20. The van der Waals surface area contributed by atoms with Gasteiger partial charge in [-0.05, 0) is 58.0 Å². The van der Waals surface area contributed by atoms with Crippen LogP contribution in [0.4, 0.5) is 11.5 Å². The molecule has 3 amide bonds. The molecule has 1 atom stereocenters. The molecule has 2 N–H and O–H groups in total. The van der Waals surface area contributed by atoms with E-state index in [0.29, 0.717) is 27.8 Å². The fourth-order valence-electron chi connectivity index (χ4n) is 4.96. The molecular weight excluding hydrogens is 518 g/mol. The molecule has 6 rings (SSSR count). The van der Waals surface area contributed by atoms with E-state index in [2.05, 4.69) is 43.4 Å². The van der Waals surface area contributed by atoms with Crippen LogP contribution in [0.25, 0.3) is 22.1 Å². The molecule has 0 aliphatic carbocycles. The molecule has 2 heterocycles. The molecule has 0 saturated carbocycles. The summed E-state index contributed by atoms with van der Waals surface area (Å²) in [6, 6.07) is 26.8. The van der Waals surface area contributed by atoms with Crippen LogP contribution in [0.15, 0.2) is 95.5 Å². The number of nitrogens with one attached hydrogen (secondary N) is 1. The number of anilines is 2. The second kappa shape index (κ2) is 9.83. The van der Waals surface area contributed by atoms with Gasteiger partial charge in [-0.2, -0.15) is 0 Å². The maximum atomic E-state index is 13.0. The average molecular weight is 546 g/mol. The minimum atomic E-state index is -1.41. The highest BCUT2D eigenvalue weighted by Gasteiger charge is 2.39. The number of hydrogen-bond donors (Lipinski definition) is 2. The largest absolute Gasteiger partial charge is 0.378 e. The zero-order valence-electron chi connectivity index (χ0n) is 22.7. The first-order chi connectivity index (χ1) is 19.6. The van der Waals surface area contributed by atoms with E-state index in [1.165, 1.54) is 11.6 Å². The number of carbonyl (C=O) groups excluding carboxylic acids is 3. The number of hydrogen-bond acceptors (Lipinski definition) is 6. The first kappa shape index (κ1) is 26.2. The van der Waals surface area contributed by atoms with Crippen molar-refractivity contribution in [1.29, 1.82) is 0 Å². The molecule has 1 aliphatic heterocycles. The maximum Gasteiger partial charge on any atom is 0.267 e. The number of aliphatic hydroxyl groups excluding tert-OH is 1. The molecule has 4 aromatic carbocycles. The quantitative estimate of drug-likeness (QED) is 0.252. The monoisotopic (exact) mass is 545 g/mol. The Bertz CT molecular complexity index is 1800. The predicted octanol–water partition coefficient (Wildman–Crippen LogP) is 6.27. The molecule has 41 heavy (non-hydrogen) atoms. The molecule has 0 saturated heterocycles. The Hall–Kier alpha value is -5.08. The molecule has 204 valence electrons. The Kier molecular flexibility index (Phi) is 6.27. The number of imide groups is 1. The smallest absolute Gasteiger partial charge is 0.267 e. The van der Waals surface area contributed by atoms with Crippen LogP contribution in [0.3, 0.4) is 0 Å². The van der Waals surface area contributed by atoms with E-state index in [-0.39, 0.29) is 16.8 Å². The van der Waals surface area contributed by atoms with Crippen LogP contribution >= 0.6 is 0 Å². The van der Waals surface area contributed by atoms with E-state index < -0.39 is 23.8 Å². The van der Waals surface area contributed by atoms with E-state index in [1.807, 2.05) is 18.2 Å². The minimum absolute atomic E-state index is 0.0415. The zero-order valence-corrected chi connectivity index (χ0v) is 22.7. The third kappa shape index (κ3) is 4.68. The Labute approximate surface area is 236 Å². The fourth-order valence-corrected chi connectivity index (χ4v) is 4.96. The summed E-state index contributed by atoms with van der Waals surface area (Å²) in [5.74, 6) is -1.50. The molecule has 0 bridgehead atoms.